The highest BCUT2D eigenvalue weighted by Gasteiger charge is 2.32. The lowest BCUT2D eigenvalue weighted by Gasteiger charge is -2.29. The fourth-order valence-electron chi connectivity index (χ4n) is 2.12. The predicted octanol–water partition coefficient (Wildman–Crippen LogP) is 3.85. The molecule has 1 unspecified atom stereocenters. The third-order valence-corrected chi connectivity index (χ3v) is 3.35. The minimum atomic E-state index is -0.191. The van der Waals surface area contributed by atoms with Crippen molar-refractivity contribution >= 4 is 5.97 Å². The predicted molar refractivity (Wildman–Crippen MR) is 66.2 cm³/mol. The Bertz CT molecular complexity index is 253. The second-order valence-electron chi connectivity index (χ2n) is 5.37. The monoisotopic (exact) mass is 224 g/mol. The second-order valence-corrected chi connectivity index (χ2v) is 5.37. The minimum absolute atomic E-state index is 0.0221. The van der Waals surface area contributed by atoms with Crippen LogP contribution in [0.1, 0.15) is 59.3 Å². The van der Waals surface area contributed by atoms with Gasteiger partial charge in [-0.25, -0.2) is 4.79 Å². The van der Waals surface area contributed by atoms with Crippen LogP contribution in [0, 0.1) is 5.41 Å². The zero-order chi connectivity index (χ0) is 12.0. The van der Waals surface area contributed by atoms with E-state index in [0.717, 1.165) is 6.42 Å². The van der Waals surface area contributed by atoms with Gasteiger partial charge in [0.05, 0.1) is 0 Å². The number of rotatable bonds is 7. The van der Waals surface area contributed by atoms with Crippen molar-refractivity contribution in [2.45, 2.75) is 65.4 Å². The van der Waals surface area contributed by atoms with Gasteiger partial charge < -0.3 is 4.74 Å². The fraction of sp³-hybridized carbons (Fsp3) is 0.786. The van der Waals surface area contributed by atoms with Gasteiger partial charge in [0.1, 0.15) is 6.10 Å². The van der Waals surface area contributed by atoms with Crippen molar-refractivity contribution in [1.29, 1.82) is 0 Å². The number of carbonyl (C=O) groups excluding carboxylic acids is 1. The largest absolute Gasteiger partial charge is 0.454 e. The average molecular weight is 224 g/mol. The van der Waals surface area contributed by atoms with Crippen molar-refractivity contribution in [3.05, 3.63) is 12.2 Å². The number of ether oxygens (including phenoxy) is 1. The molecule has 0 amide bonds. The van der Waals surface area contributed by atoms with Gasteiger partial charge in [0.2, 0.25) is 0 Å². The van der Waals surface area contributed by atoms with E-state index in [4.69, 9.17) is 4.74 Å². The second kappa shape index (κ2) is 6.07. The number of carbonyl (C=O) groups is 1. The molecule has 2 heteroatoms. The number of unbranched alkanes of at least 4 members (excludes halogenated alkanes) is 4. The molecule has 1 atom stereocenters. The van der Waals surface area contributed by atoms with Crippen LogP contribution in [0.3, 0.4) is 0 Å². The molecule has 0 aliphatic carbocycles. The standard InChI is InChI=1S/C14H24O2/c1-4-5-6-7-8-11-14(2,3)12-9-10-13(15)16-12/h9-10,12H,4-8,11H2,1-3H3. The van der Waals surface area contributed by atoms with Gasteiger partial charge in [0.25, 0.3) is 0 Å². The van der Waals surface area contributed by atoms with Gasteiger partial charge in [-0.1, -0.05) is 52.9 Å². The van der Waals surface area contributed by atoms with Crippen LogP contribution in [0.15, 0.2) is 12.2 Å². The first-order valence-corrected chi connectivity index (χ1v) is 6.45. The number of esters is 1. The minimum Gasteiger partial charge on any atom is -0.454 e. The van der Waals surface area contributed by atoms with Crippen LogP contribution in [0.4, 0.5) is 0 Å². The van der Waals surface area contributed by atoms with E-state index < -0.39 is 0 Å². The number of hydrogen-bond donors (Lipinski definition) is 0. The lowest BCUT2D eigenvalue weighted by Crippen LogP contribution is -2.29. The summed E-state index contributed by atoms with van der Waals surface area (Å²) in [5.41, 5.74) is 0.0782. The lowest BCUT2D eigenvalue weighted by atomic mass is 9.81. The molecule has 0 radical (unpaired) electrons. The lowest BCUT2D eigenvalue weighted by molar-refractivity contribution is -0.142. The zero-order valence-corrected chi connectivity index (χ0v) is 10.8. The van der Waals surface area contributed by atoms with Crippen LogP contribution in [0.25, 0.3) is 0 Å². The Labute approximate surface area is 99.1 Å². The molecule has 0 fully saturated rings. The molecule has 92 valence electrons. The van der Waals surface area contributed by atoms with Crippen LogP contribution >= 0.6 is 0 Å². The Morgan fingerprint density at radius 2 is 1.94 bits per heavy atom. The first-order valence-electron chi connectivity index (χ1n) is 6.45. The fourth-order valence-corrected chi connectivity index (χ4v) is 2.12. The van der Waals surface area contributed by atoms with Gasteiger partial charge in [-0.2, -0.15) is 0 Å². The van der Waals surface area contributed by atoms with Crippen LogP contribution in [-0.2, 0) is 9.53 Å². The molecule has 0 aromatic rings. The van der Waals surface area contributed by atoms with E-state index in [0.29, 0.717) is 0 Å². The zero-order valence-electron chi connectivity index (χ0n) is 10.8. The summed E-state index contributed by atoms with van der Waals surface area (Å²) < 4.78 is 5.25. The first-order chi connectivity index (χ1) is 7.56. The molecule has 1 heterocycles. The van der Waals surface area contributed by atoms with E-state index in [9.17, 15) is 4.79 Å². The highest BCUT2D eigenvalue weighted by atomic mass is 16.5. The topological polar surface area (TPSA) is 26.3 Å². The average Bonchev–Trinajstić information content (AvgIpc) is 2.65. The highest BCUT2D eigenvalue weighted by Crippen LogP contribution is 2.33. The third-order valence-electron chi connectivity index (χ3n) is 3.35. The van der Waals surface area contributed by atoms with Crippen molar-refractivity contribution in [3.8, 4) is 0 Å². The third kappa shape index (κ3) is 3.99. The van der Waals surface area contributed by atoms with Gasteiger partial charge in [0, 0.05) is 11.5 Å². The quantitative estimate of drug-likeness (QED) is 0.485. The normalized spacial score (nSPS) is 20.2. The van der Waals surface area contributed by atoms with Gasteiger partial charge >= 0.3 is 5.97 Å². The maximum absolute atomic E-state index is 11.0. The Kier molecular flexibility index (Phi) is 5.04. The first kappa shape index (κ1) is 13.3. The molecule has 0 spiro atoms. The number of hydrogen-bond acceptors (Lipinski definition) is 2. The van der Waals surface area contributed by atoms with Crippen LogP contribution < -0.4 is 0 Å². The van der Waals surface area contributed by atoms with E-state index in [1.54, 1.807) is 6.08 Å². The molecule has 1 aliphatic rings. The van der Waals surface area contributed by atoms with E-state index in [2.05, 4.69) is 20.8 Å². The Balaban J connectivity index is 2.23. The molecular formula is C14H24O2. The van der Waals surface area contributed by atoms with Crippen molar-refractivity contribution < 1.29 is 9.53 Å². The van der Waals surface area contributed by atoms with E-state index in [1.807, 2.05) is 6.08 Å². The summed E-state index contributed by atoms with van der Waals surface area (Å²) >= 11 is 0. The summed E-state index contributed by atoms with van der Waals surface area (Å²) in [7, 11) is 0. The van der Waals surface area contributed by atoms with Gasteiger partial charge in [-0.05, 0) is 12.5 Å². The Morgan fingerprint density at radius 1 is 1.25 bits per heavy atom. The molecular weight excluding hydrogens is 200 g/mol. The molecule has 1 aliphatic heterocycles. The summed E-state index contributed by atoms with van der Waals surface area (Å²) in [5.74, 6) is -0.191. The molecule has 0 saturated carbocycles. The van der Waals surface area contributed by atoms with Crippen molar-refractivity contribution in [1.82, 2.24) is 0 Å². The molecule has 0 bridgehead atoms. The molecule has 0 saturated heterocycles. The Morgan fingerprint density at radius 3 is 2.50 bits per heavy atom. The molecule has 0 aromatic carbocycles. The summed E-state index contributed by atoms with van der Waals surface area (Å²) in [5, 5.41) is 0. The maximum atomic E-state index is 11.0. The summed E-state index contributed by atoms with van der Waals surface area (Å²) in [4.78, 5) is 11.0. The van der Waals surface area contributed by atoms with Crippen molar-refractivity contribution in [3.63, 3.8) is 0 Å². The van der Waals surface area contributed by atoms with Crippen LogP contribution in [-0.4, -0.2) is 12.1 Å². The highest BCUT2D eigenvalue weighted by molar-refractivity contribution is 5.84. The summed E-state index contributed by atoms with van der Waals surface area (Å²) in [6.07, 6.45) is 11.0. The summed E-state index contributed by atoms with van der Waals surface area (Å²) in [6.45, 7) is 6.59. The van der Waals surface area contributed by atoms with Crippen molar-refractivity contribution in [2.24, 2.45) is 5.41 Å². The smallest absolute Gasteiger partial charge is 0.331 e. The van der Waals surface area contributed by atoms with Gasteiger partial charge in [-0.15, -0.1) is 0 Å². The van der Waals surface area contributed by atoms with E-state index in [-0.39, 0.29) is 17.5 Å². The van der Waals surface area contributed by atoms with Gasteiger partial charge in [-0.3, -0.25) is 0 Å². The Hall–Kier alpha value is -0.790. The molecule has 1 rings (SSSR count). The molecule has 16 heavy (non-hydrogen) atoms. The van der Waals surface area contributed by atoms with Gasteiger partial charge in [0.15, 0.2) is 0 Å². The van der Waals surface area contributed by atoms with Crippen molar-refractivity contribution in [2.75, 3.05) is 0 Å². The molecule has 0 N–H and O–H groups in total. The van der Waals surface area contributed by atoms with E-state index in [1.165, 1.54) is 32.1 Å². The number of cyclic esters (lactones) is 1. The SMILES string of the molecule is CCCCCCCC(C)(C)C1C=CC(=O)O1. The maximum Gasteiger partial charge on any atom is 0.331 e. The van der Waals surface area contributed by atoms with Crippen LogP contribution in [0.2, 0.25) is 0 Å². The summed E-state index contributed by atoms with van der Waals surface area (Å²) in [6, 6.07) is 0. The van der Waals surface area contributed by atoms with E-state index >= 15 is 0 Å². The molecule has 0 aromatic heterocycles. The van der Waals surface area contributed by atoms with Crippen LogP contribution in [0.5, 0.6) is 0 Å². The molecule has 2 nitrogen and oxygen atoms in total.